The lowest BCUT2D eigenvalue weighted by Crippen LogP contribution is -1.89. The van der Waals surface area contributed by atoms with Gasteiger partial charge in [-0.3, -0.25) is 0 Å². The molecule has 0 amide bonds. The summed E-state index contributed by atoms with van der Waals surface area (Å²) in [6.45, 7) is 0.0726. The zero-order valence-corrected chi connectivity index (χ0v) is 10.6. The minimum Gasteiger partial charge on any atom is -0.497 e. The van der Waals surface area contributed by atoms with Crippen molar-refractivity contribution in [2.24, 2.45) is 0 Å². The second kappa shape index (κ2) is 5.21. The number of hydrogen-bond acceptors (Lipinski definition) is 4. The van der Waals surface area contributed by atoms with Gasteiger partial charge in [0.1, 0.15) is 11.5 Å². The predicted octanol–water partition coefficient (Wildman–Crippen LogP) is 2.92. The van der Waals surface area contributed by atoms with E-state index in [0.29, 0.717) is 0 Å². The van der Waals surface area contributed by atoms with E-state index in [9.17, 15) is 0 Å². The Morgan fingerprint density at radius 3 is 2.53 bits per heavy atom. The number of hydrogen-bond donors (Lipinski definition) is 1. The van der Waals surface area contributed by atoms with Crippen molar-refractivity contribution in [1.29, 1.82) is 0 Å². The van der Waals surface area contributed by atoms with Crippen LogP contribution in [0.4, 0.5) is 0 Å². The summed E-state index contributed by atoms with van der Waals surface area (Å²) in [7, 11) is 3.27. The number of aliphatic hydroxyl groups excluding tert-OH is 1. The van der Waals surface area contributed by atoms with E-state index in [-0.39, 0.29) is 6.61 Å². The van der Waals surface area contributed by atoms with Gasteiger partial charge in [0.25, 0.3) is 0 Å². The second-order valence-corrected chi connectivity index (χ2v) is 4.66. The van der Waals surface area contributed by atoms with Crippen LogP contribution in [0.5, 0.6) is 11.5 Å². The Kier molecular flexibility index (Phi) is 3.66. The molecule has 0 aliphatic heterocycles. The fourth-order valence-electron chi connectivity index (χ4n) is 1.61. The number of rotatable bonds is 4. The van der Waals surface area contributed by atoms with Crippen LogP contribution >= 0.6 is 11.3 Å². The molecule has 3 nitrogen and oxygen atoms in total. The van der Waals surface area contributed by atoms with Gasteiger partial charge in [-0.15, -0.1) is 11.3 Å². The number of ether oxygens (including phenoxy) is 2. The molecule has 90 valence electrons. The molecule has 1 N–H and O–H groups in total. The number of aliphatic hydroxyl groups is 1. The van der Waals surface area contributed by atoms with Crippen molar-refractivity contribution >= 4 is 11.3 Å². The van der Waals surface area contributed by atoms with E-state index in [2.05, 4.69) is 0 Å². The fraction of sp³-hybridized carbons (Fsp3) is 0.231. The molecule has 0 fully saturated rings. The largest absolute Gasteiger partial charge is 0.497 e. The molecule has 0 unspecified atom stereocenters. The summed E-state index contributed by atoms with van der Waals surface area (Å²) in [5, 5.41) is 9.07. The molecule has 2 aromatic rings. The highest BCUT2D eigenvalue weighted by Crippen LogP contribution is 2.37. The first-order chi connectivity index (χ1) is 8.28. The highest BCUT2D eigenvalue weighted by Gasteiger charge is 2.09. The van der Waals surface area contributed by atoms with Crippen molar-refractivity contribution in [2.75, 3.05) is 14.2 Å². The van der Waals surface area contributed by atoms with Gasteiger partial charge in [0.15, 0.2) is 0 Å². The van der Waals surface area contributed by atoms with Gasteiger partial charge in [-0.05, 0) is 24.3 Å². The minimum atomic E-state index is 0.0726. The van der Waals surface area contributed by atoms with Crippen LogP contribution < -0.4 is 9.47 Å². The van der Waals surface area contributed by atoms with Gasteiger partial charge in [0.05, 0.1) is 20.8 Å². The SMILES string of the molecule is COc1ccc(-c2ccc(CO)s2)c(OC)c1. The van der Waals surface area contributed by atoms with Crippen molar-refractivity contribution in [1.82, 2.24) is 0 Å². The topological polar surface area (TPSA) is 38.7 Å². The van der Waals surface area contributed by atoms with Crippen LogP contribution in [0.2, 0.25) is 0 Å². The van der Waals surface area contributed by atoms with Crippen LogP contribution in [0.1, 0.15) is 4.88 Å². The van der Waals surface area contributed by atoms with Gasteiger partial charge in [-0.2, -0.15) is 0 Å². The zero-order valence-electron chi connectivity index (χ0n) is 9.77. The van der Waals surface area contributed by atoms with Crippen molar-refractivity contribution in [2.45, 2.75) is 6.61 Å². The van der Waals surface area contributed by atoms with Crippen molar-refractivity contribution in [3.05, 3.63) is 35.2 Å². The van der Waals surface area contributed by atoms with Crippen LogP contribution in [0.3, 0.4) is 0 Å². The quantitative estimate of drug-likeness (QED) is 0.906. The first-order valence-corrected chi connectivity index (χ1v) is 6.02. The molecule has 0 bridgehead atoms. The summed E-state index contributed by atoms with van der Waals surface area (Å²) in [5.41, 5.74) is 1.01. The standard InChI is InChI=1S/C13H14O3S/c1-15-9-3-5-11(12(7-9)16-2)13-6-4-10(8-14)17-13/h3-7,14H,8H2,1-2H3. The summed E-state index contributed by atoms with van der Waals surface area (Å²) < 4.78 is 10.5. The predicted molar refractivity (Wildman–Crippen MR) is 68.8 cm³/mol. The van der Waals surface area contributed by atoms with Gasteiger partial charge in [-0.25, -0.2) is 0 Å². The molecule has 0 saturated heterocycles. The van der Waals surface area contributed by atoms with Gasteiger partial charge in [0, 0.05) is 21.4 Å². The molecule has 1 aromatic heterocycles. The molecule has 4 heteroatoms. The van der Waals surface area contributed by atoms with E-state index < -0.39 is 0 Å². The highest BCUT2D eigenvalue weighted by molar-refractivity contribution is 7.15. The lowest BCUT2D eigenvalue weighted by molar-refractivity contribution is 0.285. The summed E-state index contributed by atoms with van der Waals surface area (Å²) in [6.07, 6.45) is 0. The van der Waals surface area contributed by atoms with Crippen LogP contribution in [0.25, 0.3) is 10.4 Å². The minimum absolute atomic E-state index is 0.0726. The molecule has 0 aliphatic rings. The molecule has 0 radical (unpaired) electrons. The van der Waals surface area contributed by atoms with E-state index in [0.717, 1.165) is 26.8 Å². The first-order valence-electron chi connectivity index (χ1n) is 5.20. The Hall–Kier alpha value is -1.52. The fourth-order valence-corrected chi connectivity index (χ4v) is 2.51. The normalized spacial score (nSPS) is 10.3. The molecular formula is C13H14O3S. The van der Waals surface area contributed by atoms with E-state index in [1.54, 1.807) is 25.6 Å². The van der Waals surface area contributed by atoms with Crippen LogP contribution in [0, 0.1) is 0 Å². The number of benzene rings is 1. The van der Waals surface area contributed by atoms with Crippen LogP contribution in [-0.2, 0) is 6.61 Å². The summed E-state index contributed by atoms with van der Waals surface area (Å²) >= 11 is 1.56. The molecular weight excluding hydrogens is 236 g/mol. The van der Waals surface area contributed by atoms with Crippen LogP contribution in [-0.4, -0.2) is 19.3 Å². The van der Waals surface area contributed by atoms with Crippen molar-refractivity contribution in [3.63, 3.8) is 0 Å². The molecule has 1 aromatic carbocycles. The summed E-state index contributed by atoms with van der Waals surface area (Å²) in [5.74, 6) is 1.54. The first kappa shape index (κ1) is 12.0. The van der Waals surface area contributed by atoms with E-state index in [4.69, 9.17) is 14.6 Å². The Bertz CT molecular complexity index is 505. The average Bonchev–Trinajstić information content (AvgIpc) is 2.86. The van der Waals surface area contributed by atoms with Gasteiger partial charge >= 0.3 is 0 Å². The Labute approximate surface area is 104 Å². The molecule has 0 saturated carbocycles. The maximum absolute atomic E-state index is 9.07. The van der Waals surface area contributed by atoms with Gasteiger partial charge in [0.2, 0.25) is 0 Å². The zero-order chi connectivity index (χ0) is 12.3. The smallest absolute Gasteiger partial charge is 0.131 e. The third-order valence-corrected chi connectivity index (χ3v) is 3.59. The maximum atomic E-state index is 9.07. The van der Waals surface area contributed by atoms with E-state index >= 15 is 0 Å². The molecule has 17 heavy (non-hydrogen) atoms. The van der Waals surface area contributed by atoms with Crippen LogP contribution in [0.15, 0.2) is 30.3 Å². The lowest BCUT2D eigenvalue weighted by atomic mass is 10.1. The molecule has 1 heterocycles. The molecule has 0 aliphatic carbocycles. The van der Waals surface area contributed by atoms with Crippen molar-refractivity contribution in [3.8, 4) is 21.9 Å². The Balaban J connectivity index is 2.43. The molecule has 2 rings (SSSR count). The number of methoxy groups -OCH3 is 2. The molecule has 0 spiro atoms. The van der Waals surface area contributed by atoms with E-state index in [1.165, 1.54) is 0 Å². The number of thiophene rings is 1. The third-order valence-electron chi connectivity index (χ3n) is 2.49. The maximum Gasteiger partial charge on any atom is 0.131 e. The Morgan fingerprint density at radius 1 is 1.12 bits per heavy atom. The van der Waals surface area contributed by atoms with Gasteiger partial charge in [-0.1, -0.05) is 0 Å². The average molecular weight is 250 g/mol. The summed E-state index contributed by atoms with van der Waals surface area (Å²) in [6, 6.07) is 9.62. The van der Waals surface area contributed by atoms with Gasteiger partial charge < -0.3 is 14.6 Å². The second-order valence-electron chi connectivity index (χ2n) is 3.49. The summed E-state index contributed by atoms with van der Waals surface area (Å²) in [4.78, 5) is 2.02. The monoisotopic (exact) mass is 250 g/mol. The van der Waals surface area contributed by atoms with Crippen molar-refractivity contribution < 1.29 is 14.6 Å². The molecule has 0 atom stereocenters. The third kappa shape index (κ3) is 2.43. The lowest BCUT2D eigenvalue weighted by Gasteiger charge is -2.08. The van der Waals surface area contributed by atoms with E-state index in [1.807, 2.05) is 30.3 Å². The Morgan fingerprint density at radius 2 is 1.94 bits per heavy atom. The highest BCUT2D eigenvalue weighted by atomic mass is 32.1.